The van der Waals surface area contributed by atoms with Gasteiger partial charge in [-0.3, -0.25) is 4.79 Å². The highest BCUT2D eigenvalue weighted by Gasteiger charge is 2.02. The zero-order valence-corrected chi connectivity index (χ0v) is 16.9. The van der Waals surface area contributed by atoms with Crippen LogP contribution in [0.1, 0.15) is 44.2 Å². The first kappa shape index (κ1) is 22.7. The Balaban J connectivity index is 0.00000364. The molecule has 0 unspecified atom stereocenters. The van der Waals surface area contributed by atoms with Crippen molar-refractivity contribution in [3.63, 3.8) is 0 Å². The lowest BCUT2D eigenvalue weighted by molar-refractivity contribution is -0.697. The monoisotopic (exact) mass is 388 g/mol. The van der Waals surface area contributed by atoms with E-state index in [0.29, 0.717) is 6.42 Å². The Morgan fingerprint density at radius 1 is 0.963 bits per heavy atom. The molecule has 5 heteroatoms. The molecule has 2 aromatic rings. The average Bonchev–Trinajstić information content (AvgIpc) is 2.66. The molecule has 0 aliphatic carbocycles. The van der Waals surface area contributed by atoms with Gasteiger partial charge in [-0.05, 0) is 43.5 Å². The minimum absolute atomic E-state index is 0. The summed E-state index contributed by atoms with van der Waals surface area (Å²) < 4.78 is 2.10. The van der Waals surface area contributed by atoms with Crippen molar-refractivity contribution in [2.75, 3.05) is 18.0 Å². The highest BCUT2D eigenvalue weighted by Crippen LogP contribution is 2.16. The van der Waals surface area contributed by atoms with Gasteiger partial charge in [0, 0.05) is 43.8 Å². The minimum Gasteiger partial charge on any atom is -1.00 e. The first-order valence-corrected chi connectivity index (χ1v) is 9.36. The Labute approximate surface area is 168 Å². The van der Waals surface area contributed by atoms with Crippen LogP contribution in [0.25, 0.3) is 12.2 Å². The predicted molar refractivity (Wildman–Crippen MR) is 107 cm³/mol. The molecule has 0 saturated heterocycles. The van der Waals surface area contributed by atoms with Crippen molar-refractivity contribution in [1.82, 2.24) is 0 Å². The molecule has 0 atom stereocenters. The third kappa shape index (κ3) is 7.83. The van der Waals surface area contributed by atoms with E-state index in [9.17, 15) is 4.79 Å². The number of pyridine rings is 1. The molecule has 0 spiro atoms. The van der Waals surface area contributed by atoms with Crippen LogP contribution in [0.5, 0.6) is 0 Å². The van der Waals surface area contributed by atoms with Crippen molar-refractivity contribution < 1.29 is 26.9 Å². The zero-order valence-electron chi connectivity index (χ0n) is 16.1. The maximum atomic E-state index is 10.5. The molecule has 1 N–H and O–H groups in total. The quantitative estimate of drug-likeness (QED) is 0.492. The average molecular weight is 389 g/mol. The molecule has 0 amide bonds. The molecule has 1 aromatic heterocycles. The minimum atomic E-state index is -0.722. The SMILES string of the molecule is CCN(CC)c1ccc(/C=C\c2cc[n+](CCCCC(=O)O)cc2)cc1.[Cl-]. The third-order valence-electron chi connectivity index (χ3n) is 4.46. The van der Waals surface area contributed by atoms with E-state index in [-0.39, 0.29) is 18.8 Å². The van der Waals surface area contributed by atoms with Gasteiger partial charge in [-0.2, -0.15) is 0 Å². The Hall–Kier alpha value is -2.33. The summed E-state index contributed by atoms with van der Waals surface area (Å²) in [6.07, 6.45) is 10.2. The van der Waals surface area contributed by atoms with Gasteiger partial charge >= 0.3 is 5.97 Å². The van der Waals surface area contributed by atoms with Crippen molar-refractivity contribution in [2.45, 2.75) is 39.7 Å². The number of aryl methyl sites for hydroxylation is 1. The summed E-state index contributed by atoms with van der Waals surface area (Å²) in [5.41, 5.74) is 3.60. The number of hydrogen-bond acceptors (Lipinski definition) is 2. The highest BCUT2D eigenvalue weighted by atomic mass is 35.5. The van der Waals surface area contributed by atoms with Gasteiger partial charge in [-0.25, -0.2) is 4.57 Å². The van der Waals surface area contributed by atoms with Gasteiger partial charge in [0.25, 0.3) is 0 Å². The predicted octanol–water partition coefficient (Wildman–Crippen LogP) is 1.25. The molecule has 27 heavy (non-hydrogen) atoms. The molecule has 0 saturated carbocycles. The second-order valence-corrected chi connectivity index (χ2v) is 6.32. The number of halogens is 1. The van der Waals surface area contributed by atoms with Crippen molar-refractivity contribution >= 4 is 23.8 Å². The topological polar surface area (TPSA) is 44.4 Å². The van der Waals surface area contributed by atoms with E-state index < -0.39 is 5.97 Å². The molecule has 0 radical (unpaired) electrons. The number of carboxylic acid groups (broad SMARTS) is 1. The summed E-state index contributed by atoms with van der Waals surface area (Å²) in [7, 11) is 0. The molecule has 1 aromatic carbocycles. The Bertz CT molecular complexity index is 708. The molecule has 0 fully saturated rings. The fourth-order valence-corrected chi connectivity index (χ4v) is 2.88. The second-order valence-electron chi connectivity index (χ2n) is 6.32. The summed E-state index contributed by atoms with van der Waals surface area (Å²) >= 11 is 0. The molecular formula is C22H29ClN2O2. The smallest absolute Gasteiger partial charge is 0.303 e. The molecule has 0 bridgehead atoms. The number of anilines is 1. The Kier molecular flexibility index (Phi) is 10.2. The molecule has 1 heterocycles. The number of aliphatic carboxylic acids is 1. The fraction of sp³-hybridized carbons (Fsp3) is 0.364. The van der Waals surface area contributed by atoms with Crippen LogP contribution in [-0.2, 0) is 11.3 Å². The van der Waals surface area contributed by atoms with Gasteiger partial charge in [0.05, 0.1) is 0 Å². The van der Waals surface area contributed by atoms with E-state index in [4.69, 9.17) is 5.11 Å². The summed E-state index contributed by atoms with van der Waals surface area (Å²) in [4.78, 5) is 12.8. The molecular weight excluding hydrogens is 360 g/mol. The maximum Gasteiger partial charge on any atom is 0.303 e. The van der Waals surface area contributed by atoms with Crippen LogP contribution in [0.4, 0.5) is 5.69 Å². The lowest BCUT2D eigenvalue weighted by Crippen LogP contribution is -3.00. The van der Waals surface area contributed by atoms with Crippen LogP contribution >= 0.6 is 0 Å². The maximum absolute atomic E-state index is 10.5. The number of rotatable bonds is 10. The Morgan fingerprint density at radius 2 is 1.52 bits per heavy atom. The van der Waals surface area contributed by atoms with Crippen molar-refractivity contribution in [3.8, 4) is 0 Å². The van der Waals surface area contributed by atoms with Crippen LogP contribution in [0.3, 0.4) is 0 Å². The van der Waals surface area contributed by atoms with E-state index in [2.05, 4.69) is 71.9 Å². The van der Waals surface area contributed by atoms with Gasteiger partial charge in [0.2, 0.25) is 0 Å². The molecule has 2 rings (SSSR count). The third-order valence-corrected chi connectivity index (χ3v) is 4.46. The summed E-state index contributed by atoms with van der Waals surface area (Å²) in [6.45, 7) is 7.23. The number of carboxylic acids is 1. The van der Waals surface area contributed by atoms with E-state index in [0.717, 1.165) is 31.6 Å². The van der Waals surface area contributed by atoms with E-state index in [1.165, 1.54) is 11.3 Å². The van der Waals surface area contributed by atoms with E-state index in [1.54, 1.807) is 0 Å². The number of hydrogen-bond donors (Lipinski definition) is 1. The fourth-order valence-electron chi connectivity index (χ4n) is 2.88. The second kappa shape index (κ2) is 12.1. The summed E-state index contributed by atoms with van der Waals surface area (Å²) in [6, 6.07) is 12.8. The first-order chi connectivity index (χ1) is 12.6. The summed E-state index contributed by atoms with van der Waals surface area (Å²) in [5, 5.41) is 8.65. The number of carbonyl (C=O) groups is 1. The number of benzene rings is 1. The van der Waals surface area contributed by atoms with Crippen LogP contribution in [0.15, 0.2) is 48.8 Å². The zero-order chi connectivity index (χ0) is 18.8. The van der Waals surface area contributed by atoms with Crippen molar-refractivity contribution in [3.05, 3.63) is 59.9 Å². The highest BCUT2D eigenvalue weighted by molar-refractivity contribution is 5.70. The molecule has 146 valence electrons. The van der Waals surface area contributed by atoms with Gasteiger partial charge in [0.15, 0.2) is 12.4 Å². The van der Waals surface area contributed by atoms with E-state index in [1.807, 2.05) is 12.4 Å². The lowest BCUT2D eigenvalue weighted by atomic mass is 10.1. The van der Waals surface area contributed by atoms with Crippen LogP contribution in [0.2, 0.25) is 0 Å². The lowest BCUT2D eigenvalue weighted by Gasteiger charge is -2.20. The Morgan fingerprint density at radius 3 is 2.04 bits per heavy atom. The largest absolute Gasteiger partial charge is 1.00 e. The molecule has 0 aliphatic heterocycles. The van der Waals surface area contributed by atoms with Crippen molar-refractivity contribution in [2.24, 2.45) is 0 Å². The van der Waals surface area contributed by atoms with Crippen LogP contribution in [0, 0.1) is 0 Å². The standard InChI is InChI=1S/C22H28N2O2.ClH/c1-3-24(4-2)21-12-10-19(11-13-21)8-9-20-14-17-23(18-15-20)16-6-5-7-22(25)26;/h8-15,17-18H,3-7,16H2,1-2H3;1H. The van der Waals surface area contributed by atoms with Gasteiger partial charge in [-0.1, -0.05) is 24.3 Å². The van der Waals surface area contributed by atoms with Gasteiger partial charge < -0.3 is 22.4 Å². The molecule has 0 aliphatic rings. The van der Waals surface area contributed by atoms with Crippen molar-refractivity contribution in [1.29, 1.82) is 0 Å². The van der Waals surface area contributed by atoms with Gasteiger partial charge in [-0.15, -0.1) is 0 Å². The molecule has 4 nitrogen and oxygen atoms in total. The first-order valence-electron chi connectivity index (χ1n) is 9.36. The number of nitrogens with zero attached hydrogens (tertiary/aromatic N) is 2. The normalized spacial score (nSPS) is 10.6. The number of unbranched alkanes of at least 4 members (excludes halogenated alkanes) is 1. The van der Waals surface area contributed by atoms with Gasteiger partial charge in [0.1, 0.15) is 6.54 Å². The van der Waals surface area contributed by atoms with Crippen LogP contribution < -0.4 is 21.9 Å². The van der Waals surface area contributed by atoms with E-state index >= 15 is 0 Å². The van der Waals surface area contributed by atoms with Crippen LogP contribution in [-0.4, -0.2) is 24.2 Å². The number of aromatic nitrogens is 1. The summed E-state index contributed by atoms with van der Waals surface area (Å²) in [5.74, 6) is -0.722.